The van der Waals surface area contributed by atoms with E-state index in [-0.39, 0.29) is 0 Å². The number of nitrogens with zero attached hydrogens (tertiary/aromatic N) is 3. The second kappa shape index (κ2) is 9.67. The van der Waals surface area contributed by atoms with E-state index < -0.39 is 0 Å². The summed E-state index contributed by atoms with van der Waals surface area (Å²) in [7, 11) is 1.67. The highest BCUT2D eigenvalue weighted by Crippen LogP contribution is 2.36. The molecule has 0 unspecified atom stereocenters. The van der Waals surface area contributed by atoms with Crippen LogP contribution in [0.3, 0.4) is 0 Å². The number of ether oxygens (including phenoxy) is 1. The molecule has 5 heteroatoms. The van der Waals surface area contributed by atoms with Gasteiger partial charge < -0.3 is 14.2 Å². The van der Waals surface area contributed by atoms with E-state index in [9.17, 15) is 4.79 Å². The first kappa shape index (κ1) is 21.0. The second-order valence-electron chi connectivity index (χ2n) is 9.00. The smallest absolute Gasteiger partial charge is 0.222 e. The van der Waals surface area contributed by atoms with Crippen LogP contribution in [0.2, 0.25) is 0 Å². The van der Waals surface area contributed by atoms with Crippen LogP contribution in [0.1, 0.15) is 67.9 Å². The van der Waals surface area contributed by atoms with Gasteiger partial charge in [0, 0.05) is 43.9 Å². The molecule has 0 bridgehead atoms. The van der Waals surface area contributed by atoms with Crippen molar-refractivity contribution in [3.8, 4) is 5.75 Å². The molecule has 0 spiro atoms. The third kappa shape index (κ3) is 4.88. The summed E-state index contributed by atoms with van der Waals surface area (Å²) in [6.45, 7) is 5.07. The van der Waals surface area contributed by atoms with E-state index in [1.165, 1.54) is 42.8 Å². The van der Waals surface area contributed by atoms with Gasteiger partial charge in [0.25, 0.3) is 0 Å². The van der Waals surface area contributed by atoms with Crippen molar-refractivity contribution in [2.24, 2.45) is 5.92 Å². The zero-order chi connectivity index (χ0) is 20.9. The number of carbonyl (C=O) groups is 1. The number of methoxy groups -OCH3 is 1. The summed E-state index contributed by atoms with van der Waals surface area (Å²) in [6.07, 6.45) is 10.8. The zero-order valence-electron chi connectivity index (χ0n) is 18.5. The fraction of sp³-hybridized carbons (Fsp3) is 0.600. The van der Waals surface area contributed by atoms with Crippen molar-refractivity contribution in [2.75, 3.05) is 20.2 Å². The van der Waals surface area contributed by atoms with Crippen molar-refractivity contribution < 1.29 is 9.53 Å². The number of carbonyl (C=O) groups excluding carboxylic acids is 1. The van der Waals surface area contributed by atoms with Crippen molar-refractivity contribution in [3.63, 3.8) is 0 Å². The van der Waals surface area contributed by atoms with Crippen LogP contribution in [-0.4, -0.2) is 40.6 Å². The van der Waals surface area contributed by atoms with Crippen molar-refractivity contribution in [1.29, 1.82) is 0 Å². The Balaban J connectivity index is 1.20. The largest absolute Gasteiger partial charge is 0.497 e. The van der Waals surface area contributed by atoms with Crippen molar-refractivity contribution in [2.45, 2.75) is 70.8 Å². The highest BCUT2D eigenvalue weighted by Gasteiger charge is 2.26. The molecule has 5 nitrogen and oxygen atoms in total. The quantitative estimate of drug-likeness (QED) is 0.633. The first-order chi connectivity index (χ1) is 14.6. The molecule has 1 aromatic heterocycles. The Labute approximate surface area is 180 Å². The minimum absolute atomic E-state index is 0.294. The molecule has 0 radical (unpaired) electrons. The van der Waals surface area contributed by atoms with E-state index in [0.717, 1.165) is 44.6 Å². The lowest BCUT2D eigenvalue weighted by atomic mass is 9.84. The summed E-state index contributed by atoms with van der Waals surface area (Å²) in [4.78, 5) is 19.4. The normalized spacial score (nSPS) is 17.7. The molecule has 1 saturated heterocycles. The van der Waals surface area contributed by atoms with E-state index in [1.54, 1.807) is 7.11 Å². The number of benzene rings is 1. The molecule has 2 aromatic rings. The molecule has 1 aliphatic carbocycles. The van der Waals surface area contributed by atoms with Crippen LogP contribution in [0.25, 0.3) is 0 Å². The van der Waals surface area contributed by atoms with E-state index in [2.05, 4.69) is 16.4 Å². The average molecular weight is 410 g/mol. The van der Waals surface area contributed by atoms with E-state index in [4.69, 9.17) is 9.72 Å². The van der Waals surface area contributed by atoms with E-state index >= 15 is 0 Å². The van der Waals surface area contributed by atoms with Gasteiger partial charge in [-0.05, 0) is 69.1 Å². The molecule has 162 valence electrons. The van der Waals surface area contributed by atoms with Crippen LogP contribution >= 0.6 is 0 Å². The summed E-state index contributed by atoms with van der Waals surface area (Å²) in [5.41, 5.74) is 2.49. The third-order valence-electron chi connectivity index (χ3n) is 7.07. The highest BCUT2D eigenvalue weighted by molar-refractivity contribution is 5.76. The monoisotopic (exact) mass is 409 g/mol. The number of rotatable bonds is 8. The molecular weight excluding hydrogens is 374 g/mol. The Kier molecular flexibility index (Phi) is 6.76. The Hall–Kier alpha value is -2.30. The number of imidazole rings is 1. The van der Waals surface area contributed by atoms with Gasteiger partial charge in [-0.25, -0.2) is 4.98 Å². The molecule has 2 aliphatic rings. The fourth-order valence-corrected chi connectivity index (χ4v) is 4.75. The van der Waals surface area contributed by atoms with Crippen LogP contribution in [0.4, 0.5) is 0 Å². The number of aromatic nitrogens is 2. The van der Waals surface area contributed by atoms with Gasteiger partial charge in [-0.15, -0.1) is 0 Å². The molecule has 1 aromatic carbocycles. The first-order valence-electron chi connectivity index (χ1n) is 11.6. The fourth-order valence-electron chi connectivity index (χ4n) is 4.75. The van der Waals surface area contributed by atoms with Crippen molar-refractivity contribution >= 4 is 5.91 Å². The molecule has 4 rings (SSSR count). The number of aryl methyl sites for hydroxylation is 2. The van der Waals surface area contributed by atoms with Gasteiger partial charge in [-0.2, -0.15) is 0 Å². The van der Waals surface area contributed by atoms with Gasteiger partial charge in [0.1, 0.15) is 11.6 Å². The molecular formula is C25H35N3O2. The molecule has 2 fully saturated rings. The summed E-state index contributed by atoms with van der Waals surface area (Å²) in [5, 5.41) is 0. The van der Waals surface area contributed by atoms with E-state index in [0.29, 0.717) is 24.2 Å². The number of hydrogen-bond acceptors (Lipinski definition) is 3. The van der Waals surface area contributed by atoms with Crippen LogP contribution in [0.5, 0.6) is 5.75 Å². The van der Waals surface area contributed by atoms with Crippen LogP contribution in [0.15, 0.2) is 30.5 Å². The Morgan fingerprint density at radius 2 is 1.87 bits per heavy atom. The lowest BCUT2D eigenvalue weighted by Crippen LogP contribution is -2.38. The van der Waals surface area contributed by atoms with Crippen molar-refractivity contribution in [3.05, 3.63) is 47.5 Å². The Morgan fingerprint density at radius 3 is 2.50 bits per heavy atom. The number of amides is 1. The maximum Gasteiger partial charge on any atom is 0.222 e. The second-order valence-corrected chi connectivity index (χ2v) is 9.00. The van der Waals surface area contributed by atoms with Gasteiger partial charge >= 0.3 is 0 Å². The lowest BCUT2D eigenvalue weighted by molar-refractivity contribution is -0.132. The topological polar surface area (TPSA) is 47.4 Å². The number of piperidine rings is 1. The van der Waals surface area contributed by atoms with Gasteiger partial charge in [0.05, 0.1) is 7.11 Å². The lowest BCUT2D eigenvalue weighted by Gasteiger charge is -2.33. The van der Waals surface area contributed by atoms with Crippen LogP contribution < -0.4 is 4.74 Å². The summed E-state index contributed by atoms with van der Waals surface area (Å²) in [5.74, 6) is 3.86. The maximum atomic E-state index is 12.6. The SMILES string of the molecule is COc1ccc(CCC(=O)N2CCC(CCn3c(C)cnc3C3CCC3)CC2)cc1. The van der Waals surface area contributed by atoms with E-state index in [1.807, 2.05) is 30.5 Å². The van der Waals surface area contributed by atoms with Gasteiger partial charge in [0.15, 0.2) is 0 Å². The maximum absolute atomic E-state index is 12.6. The summed E-state index contributed by atoms with van der Waals surface area (Å²) < 4.78 is 7.65. The minimum atomic E-state index is 0.294. The van der Waals surface area contributed by atoms with Gasteiger partial charge in [0.2, 0.25) is 5.91 Å². The molecule has 1 amide bonds. The van der Waals surface area contributed by atoms with Crippen LogP contribution in [-0.2, 0) is 17.8 Å². The molecule has 0 N–H and O–H groups in total. The average Bonchev–Trinajstić information content (AvgIpc) is 3.10. The molecule has 1 saturated carbocycles. The van der Waals surface area contributed by atoms with Crippen molar-refractivity contribution in [1.82, 2.24) is 14.5 Å². The van der Waals surface area contributed by atoms with Gasteiger partial charge in [-0.1, -0.05) is 18.6 Å². The standard InChI is InChI=1S/C25H35N3O2/c1-19-18-26-25(22-4-3-5-22)28(19)17-14-21-12-15-27(16-13-21)24(29)11-8-20-6-9-23(30-2)10-7-20/h6-7,9-10,18,21-22H,3-5,8,11-17H2,1-2H3. The zero-order valence-corrected chi connectivity index (χ0v) is 18.5. The first-order valence-corrected chi connectivity index (χ1v) is 11.6. The number of hydrogen-bond donors (Lipinski definition) is 0. The predicted octanol–water partition coefficient (Wildman–Crippen LogP) is 4.73. The highest BCUT2D eigenvalue weighted by atomic mass is 16.5. The Morgan fingerprint density at radius 1 is 1.13 bits per heavy atom. The molecule has 2 heterocycles. The minimum Gasteiger partial charge on any atom is -0.497 e. The molecule has 30 heavy (non-hydrogen) atoms. The van der Waals surface area contributed by atoms with Gasteiger partial charge in [-0.3, -0.25) is 4.79 Å². The molecule has 0 atom stereocenters. The predicted molar refractivity (Wildman–Crippen MR) is 119 cm³/mol. The number of likely N-dealkylation sites (tertiary alicyclic amines) is 1. The summed E-state index contributed by atoms with van der Waals surface area (Å²) >= 11 is 0. The van der Waals surface area contributed by atoms with Crippen LogP contribution in [0, 0.1) is 12.8 Å². The molecule has 1 aliphatic heterocycles. The third-order valence-corrected chi connectivity index (χ3v) is 7.07. The Bertz CT molecular complexity index is 831. The summed E-state index contributed by atoms with van der Waals surface area (Å²) in [6, 6.07) is 8.02.